The minimum atomic E-state index is -0.235. The van der Waals surface area contributed by atoms with E-state index in [2.05, 4.69) is 28.5 Å². The summed E-state index contributed by atoms with van der Waals surface area (Å²) in [5.41, 5.74) is 0. The van der Waals surface area contributed by atoms with Crippen LogP contribution >= 0.6 is 11.8 Å². The molecule has 1 fully saturated rings. The Labute approximate surface area is 147 Å². The Hall–Kier alpha value is -1.84. The minimum absolute atomic E-state index is 0.0405. The predicted molar refractivity (Wildman–Crippen MR) is 94.3 cm³/mol. The Bertz CT molecular complexity index is 628. The second-order valence-corrected chi connectivity index (χ2v) is 7.26. The molecule has 2 heterocycles. The van der Waals surface area contributed by atoms with Gasteiger partial charge in [0.2, 0.25) is 5.91 Å². The summed E-state index contributed by atoms with van der Waals surface area (Å²) >= 11 is 1.77. The van der Waals surface area contributed by atoms with Crippen LogP contribution in [0.4, 0.5) is 0 Å². The summed E-state index contributed by atoms with van der Waals surface area (Å²) in [6.45, 7) is 1.02. The number of amides is 1. The molecular weight excluding hydrogens is 320 g/mol. The summed E-state index contributed by atoms with van der Waals surface area (Å²) in [6.07, 6.45) is 8.94. The molecule has 126 valence electrons. The summed E-state index contributed by atoms with van der Waals surface area (Å²) in [4.78, 5) is 18.3. The summed E-state index contributed by atoms with van der Waals surface area (Å²) in [7, 11) is 0. The molecule has 1 amide bonds. The van der Waals surface area contributed by atoms with Gasteiger partial charge >= 0.3 is 0 Å². The van der Waals surface area contributed by atoms with Crippen molar-refractivity contribution in [3.05, 3.63) is 36.5 Å². The molecule has 0 radical (unpaired) electrons. The lowest BCUT2D eigenvalue weighted by Crippen LogP contribution is -2.42. The highest BCUT2D eigenvalue weighted by Crippen LogP contribution is 2.25. The van der Waals surface area contributed by atoms with Crippen LogP contribution < -0.4 is 5.32 Å². The van der Waals surface area contributed by atoms with Gasteiger partial charge in [0.05, 0.1) is 17.6 Å². The highest BCUT2D eigenvalue weighted by atomic mass is 32.2. The molecule has 0 aromatic carbocycles. The minimum Gasteiger partial charge on any atom is -0.326 e. The van der Waals surface area contributed by atoms with Gasteiger partial charge in [0.25, 0.3) is 0 Å². The Morgan fingerprint density at radius 2 is 2.38 bits per heavy atom. The molecule has 0 saturated carbocycles. The Balaban J connectivity index is 1.38. The molecule has 1 N–H and O–H groups in total. The lowest BCUT2D eigenvalue weighted by molar-refractivity contribution is -0.130. The van der Waals surface area contributed by atoms with Crippen LogP contribution in [0, 0.1) is 17.2 Å². The summed E-state index contributed by atoms with van der Waals surface area (Å²) in [5, 5.41) is 13.4. The van der Waals surface area contributed by atoms with Crippen molar-refractivity contribution in [2.75, 3.05) is 18.8 Å². The largest absolute Gasteiger partial charge is 0.326 e. The van der Waals surface area contributed by atoms with E-state index in [0.717, 1.165) is 30.0 Å². The molecule has 1 aliphatic carbocycles. The van der Waals surface area contributed by atoms with Crippen molar-refractivity contribution in [1.29, 1.82) is 5.26 Å². The third-order valence-corrected chi connectivity index (χ3v) is 5.63. The first kappa shape index (κ1) is 17.0. The molecular formula is C18H22N4OS. The van der Waals surface area contributed by atoms with Crippen LogP contribution in [-0.4, -0.2) is 46.7 Å². The first-order chi connectivity index (χ1) is 11.8. The summed E-state index contributed by atoms with van der Waals surface area (Å²) < 4.78 is 0. The fourth-order valence-corrected chi connectivity index (χ4v) is 4.14. The van der Waals surface area contributed by atoms with Crippen molar-refractivity contribution in [3.63, 3.8) is 0 Å². The second kappa shape index (κ2) is 8.32. The number of nitriles is 1. The normalized spacial score (nSPS) is 25.8. The van der Waals surface area contributed by atoms with E-state index in [1.807, 2.05) is 24.4 Å². The lowest BCUT2D eigenvalue weighted by atomic mass is 10.1. The van der Waals surface area contributed by atoms with Crippen LogP contribution in [-0.2, 0) is 4.79 Å². The molecule has 3 rings (SSSR count). The Morgan fingerprint density at radius 1 is 1.46 bits per heavy atom. The molecule has 3 atom stereocenters. The molecule has 1 aliphatic heterocycles. The van der Waals surface area contributed by atoms with Gasteiger partial charge in [-0.1, -0.05) is 18.2 Å². The zero-order chi connectivity index (χ0) is 16.8. The van der Waals surface area contributed by atoms with Crippen molar-refractivity contribution >= 4 is 17.7 Å². The average molecular weight is 342 g/mol. The number of hydrogen-bond acceptors (Lipinski definition) is 5. The van der Waals surface area contributed by atoms with Crippen LogP contribution in [0.5, 0.6) is 0 Å². The van der Waals surface area contributed by atoms with Crippen molar-refractivity contribution < 1.29 is 4.79 Å². The number of thioether (sulfide) groups is 1. The topological polar surface area (TPSA) is 69.0 Å². The SMILES string of the molecule is N#C[C@@H]1CCCN1C(=O)CN[C@H]1C=C[C@@H](CSc2ccccn2)C1. The van der Waals surface area contributed by atoms with Crippen molar-refractivity contribution in [1.82, 2.24) is 15.2 Å². The van der Waals surface area contributed by atoms with E-state index in [1.54, 1.807) is 16.7 Å². The lowest BCUT2D eigenvalue weighted by Gasteiger charge is -2.21. The number of rotatable bonds is 6. The molecule has 2 aliphatic rings. The van der Waals surface area contributed by atoms with Gasteiger partial charge in [0.1, 0.15) is 6.04 Å². The number of likely N-dealkylation sites (tertiary alicyclic amines) is 1. The molecule has 1 aromatic heterocycles. The fraction of sp³-hybridized carbons (Fsp3) is 0.500. The average Bonchev–Trinajstić information content (AvgIpc) is 3.28. The molecule has 5 nitrogen and oxygen atoms in total. The van der Waals surface area contributed by atoms with Crippen molar-refractivity contribution in [2.45, 2.75) is 36.4 Å². The number of aromatic nitrogens is 1. The molecule has 1 saturated heterocycles. The van der Waals surface area contributed by atoms with Crippen LogP contribution in [0.2, 0.25) is 0 Å². The maximum absolute atomic E-state index is 12.2. The number of nitrogens with one attached hydrogen (secondary N) is 1. The molecule has 0 bridgehead atoms. The number of pyridine rings is 1. The molecule has 24 heavy (non-hydrogen) atoms. The summed E-state index contributed by atoms with van der Waals surface area (Å²) in [6, 6.07) is 8.18. The van der Waals surface area contributed by atoms with Crippen LogP contribution in [0.25, 0.3) is 0 Å². The third kappa shape index (κ3) is 4.37. The number of hydrogen-bond donors (Lipinski definition) is 1. The van der Waals surface area contributed by atoms with Gasteiger partial charge < -0.3 is 10.2 Å². The highest BCUT2D eigenvalue weighted by molar-refractivity contribution is 7.99. The second-order valence-electron chi connectivity index (χ2n) is 6.22. The number of carbonyl (C=O) groups is 1. The predicted octanol–water partition coefficient (Wildman–Crippen LogP) is 2.22. The standard InChI is InChI=1S/C18H22N4OS/c19-11-16-4-3-9-22(16)18(23)12-21-15-7-6-14(10-15)13-24-17-5-1-2-8-20-17/h1-2,5-8,14-16,21H,3-4,9-10,12-13H2/t14-,15+,16+/m1/s1. The van der Waals surface area contributed by atoms with E-state index in [4.69, 9.17) is 5.26 Å². The van der Waals surface area contributed by atoms with Crippen molar-refractivity contribution in [3.8, 4) is 6.07 Å². The van der Waals surface area contributed by atoms with Crippen LogP contribution in [0.15, 0.2) is 41.6 Å². The van der Waals surface area contributed by atoms with E-state index in [9.17, 15) is 4.79 Å². The van der Waals surface area contributed by atoms with Gasteiger partial charge in [-0.15, -0.1) is 11.8 Å². The monoisotopic (exact) mass is 342 g/mol. The first-order valence-corrected chi connectivity index (χ1v) is 9.39. The summed E-state index contributed by atoms with van der Waals surface area (Å²) in [5.74, 6) is 1.55. The van der Waals surface area contributed by atoms with E-state index < -0.39 is 0 Å². The van der Waals surface area contributed by atoms with Gasteiger partial charge in [-0.25, -0.2) is 4.98 Å². The van der Waals surface area contributed by atoms with Crippen LogP contribution in [0.1, 0.15) is 19.3 Å². The van der Waals surface area contributed by atoms with E-state index in [1.165, 1.54) is 0 Å². The maximum Gasteiger partial charge on any atom is 0.237 e. The number of allylic oxidation sites excluding steroid dienone is 1. The zero-order valence-electron chi connectivity index (χ0n) is 13.6. The quantitative estimate of drug-likeness (QED) is 0.634. The number of nitrogens with zero attached hydrogens (tertiary/aromatic N) is 3. The Morgan fingerprint density at radius 3 is 3.17 bits per heavy atom. The zero-order valence-corrected chi connectivity index (χ0v) is 14.4. The molecule has 6 heteroatoms. The van der Waals surface area contributed by atoms with E-state index in [0.29, 0.717) is 19.0 Å². The van der Waals surface area contributed by atoms with Crippen LogP contribution in [0.3, 0.4) is 0 Å². The molecule has 1 aromatic rings. The fourth-order valence-electron chi connectivity index (χ4n) is 3.19. The van der Waals surface area contributed by atoms with Gasteiger partial charge in [0.15, 0.2) is 0 Å². The van der Waals surface area contributed by atoms with Crippen molar-refractivity contribution in [2.24, 2.45) is 5.92 Å². The highest BCUT2D eigenvalue weighted by Gasteiger charge is 2.28. The van der Waals surface area contributed by atoms with E-state index >= 15 is 0 Å². The third-order valence-electron chi connectivity index (χ3n) is 4.49. The van der Waals surface area contributed by atoms with Gasteiger partial charge in [0, 0.05) is 24.5 Å². The molecule has 0 spiro atoms. The van der Waals surface area contributed by atoms with Gasteiger partial charge in [-0.05, 0) is 37.3 Å². The number of carbonyl (C=O) groups excluding carboxylic acids is 1. The molecule has 0 unspecified atom stereocenters. The van der Waals surface area contributed by atoms with Gasteiger partial charge in [-0.3, -0.25) is 4.79 Å². The Kier molecular flexibility index (Phi) is 5.89. The smallest absolute Gasteiger partial charge is 0.237 e. The first-order valence-electron chi connectivity index (χ1n) is 8.41. The van der Waals surface area contributed by atoms with Gasteiger partial charge in [-0.2, -0.15) is 5.26 Å². The maximum atomic E-state index is 12.2. The van der Waals surface area contributed by atoms with E-state index in [-0.39, 0.29) is 18.0 Å².